The van der Waals surface area contributed by atoms with E-state index in [0.717, 1.165) is 25.7 Å². The summed E-state index contributed by atoms with van der Waals surface area (Å²) in [6, 6.07) is 0. The van der Waals surface area contributed by atoms with Gasteiger partial charge in [-0.1, -0.05) is 200 Å². The zero-order valence-electron chi connectivity index (χ0n) is 35.4. The van der Waals surface area contributed by atoms with Crippen molar-refractivity contribution in [3.8, 4) is 0 Å². The average molecular weight is 720 g/mol. The standard InChI is InChI=1S/C46H89NO4/c1-7-9-11-13-15-17-19-21-23-25-27-29-31-33-35-37-39-44(49)51-47-45(3,4)40-42(41-46(47,5)6)50-43(48)38-36-34-32-30-28-26-24-22-20-18-16-14-12-10-8-2/h42H,7-41H2,1-6H3. The number of rotatable bonds is 35. The number of hydrogen-bond donors (Lipinski definition) is 0. The highest BCUT2D eigenvalue weighted by atomic mass is 16.7. The van der Waals surface area contributed by atoms with Crippen LogP contribution in [0.25, 0.3) is 0 Å². The molecule has 1 heterocycles. The Morgan fingerprint density at radius 3 is 0.980 bits per heavy atom. The van der Waals surface area contributed by atoms with Gasteiger partial charge in [0.2, 0.25) is 0 Å². The molecule has 5 nitrogen and oxygen atoms in total. The number of hydrogen-bond acceptors (Lipinski definition) is 5. The first-order chi connectivity index (χ1) is 24.6. The molecule has 0 aromatic carbocycles. The third kappa shape index (κ3) is 26.3. The molecule has 0 amide bonds. The first-order valence-corrected chi connectivity index (χ1v) is 22.8. The maximum Gasteiger partial charge on any atom is 0.325 e. The molecule has 1 aliphatic heterocycles. The summed E-state index contributed by atoms with van der Waals surface area (Å²) in [5.41, 5.74) is -0.794. The number of piperidine rings is 1. The first-order valence-electron chi connectivity index (χ1n) is 22.8. The minimum absolute atomic E-state index is 0.0739. The van der Waals surface area contributed by atoms with Gasteiger partial charge in [0.15, 0.2) is 0 Å². The SMILES string of the molecule is CCCCCCCCCCCCCCCCCCC(=O)ON1C(C)(C)CC(OC(=O)CCCCCCCCCCCCCCCCC)CC1(C)C. The van der Waals surface area contributed by atoms with E-state index in [0.29, 0.717) is 25.7 Å². The molecule has 0 N–H and O–H groups in total. The number of hydroxylamine groups is 2. The molecule has 0 unspecified atom stereocenters. The van der Waals surface area contributed by atoms with Crippen LogP contribution in [0.3, 0.4) is 0 Å². The molecule has 1 saturated heterocycles. The van der Waals surface area contributed by atoms with Gasteiger partial charge in [-0.15, -0.1) is 5.06 Å². The topological polar surface area (TPSA) is 55.8 Å². The zero-order valence-corrected chi connectivity index (χ0v) is 35.4. The number of carbonyl (C=O) groups is 2. The fourth-order valence-corrected chi connectivity index (χ4v) is 8.35. The lowest BCUT2D eigenvalue weighted by atomic mass is 9.80. The summed E-state index contributed by atoms with van der Waals surface area (Å²) < 4.78 is 5.99. The van der Waals surface area contributed by atoms with E-state index in [9.17, 15) is 9.59 Å². The number of esters is 1. The maximum atomic E-state index is 12.9. The molecule has 0 saturated carbocycles. The van der Waals surface area contributed by atoms with Gasteiger partial charge in [0.25, 0.3) is 0 Å². The molecule has 1 rings (SSSR count). The molecule has 0 bridgehead atoms. The normalized spacial score (nSPS) is 16.0. The van der Waals surface area contributed by atoms with E-state index in [1.807, 2.05) is 5.06 Å². The molecule has 0 aliphatic carbocycles. The predicted octanol–water partition coefficient (Wildman–Crippen LogP) is 14.9. The van der Waals surface area contributed by atoms with Gasteiger partial charge in [-0.2, -0.15) is 0 Å². The van der Waals surface area contributed by atoms with E-state index >= 15 is 0 Å². The first kappa shape index (κ1) is 47.9. The summed E-state index contributed by atoms with van der Waals surface area (Å²) in [5, 5.41) is 1.90. The van der Waals surface area contributed by atoms with Crippen molar-refractivity contribution >= 4 is 11.9 Å². The van der Waals surface area contributed by atoms with Crippen LogP contribution < -0.4 is 0 Å². The van der Waals surface area contributed by atoms with Crippen molar-refractivity contribution in [1.29, 1.82) is 0 Å². The monoisotopic (exact) mass is 720 g/mol. The molecule has 302 valence electrons. The average Bonchev–Trinajstić information content (AvgIpc) is 3.07. The third-order valence-corrected chi connectivity index (χ3v) is 11.3. The molecular weight excluding hydrogens is 631 g/mol. The minimum Gasteiger partial charge on any atom is -0.462 e. The van der Waals surface area contributed by atoms with E-state index in [1.54, 1.807) is 0 Å². The Bertz CT molecular complexity index is 806. The minimum atomic E-state index is -0.397. The summed E-state index contributed by atoms with van der Waals surface area (Å²) >= 11 is 0. The van der Waals surface area contributed by atoms with Gasteiger partial charge in [0.1, 0.15) is 6.10 Å². The molecule has 0 spiro atoms. The lowest BCUT2D eigenvalue weighted by Crippen LogP contribution is -2.62. The third-order valence-electron chi connectivity index (χ3n) is 11.3. The van der Waals surface area contributed by atoms with Crippen molar-refractivity contribution in [2.75, 3.05) is 0 Å². The Labute approximate surface area is 318 Å². The van der Waals surface area contributed by atoms with Crippen LogP contribution in [0.15, 0.2) is 0 Å². The molecule has 0 atom stereocenters. The lowest BCUT2D eigenvalue weighted by Gasteiger charge is -2.52. The van der Waals surface area contributed by atoms with E-state index in [2.05, 4.69) is 41.5 Å². The number of nitrogens with zero attached hydrogens (tertiary/aromatic N) is 1. The zero-order chi connectivity index (χ0) is 37.5. The van der Waals surface area contributed by atoms with Crippen LogP contribution in [-0.4, -0.2) is 34.2 Å². The fourth-order valence-electron chi connectivity index (χ4n) is 8.35. The van der Waals surface area contributed by atoms with Gasteiger partial charge < -0.3 is 9.57 Å². The highest BCUT2D eigenvalue weighted by Crippen LogP contribution is 2.40. The van der Waals surface area contributed by atoms with Crippen LogP contribution in [0.1, 0.15) is 266 Å². The number of carbonyl (C=O) groups excluding carboxylic acids is 2. The Kier molecular flexibility index (Phi) is 29.4. The second-order valence-electron chi connectivity index (χ2n) is 17.7. The van der Waals surface area contributed by atoms with E-state index < -0.39 is 11.1 Å². The quantitative estimate of drug-likeness (QED) is 0.0482. The van der Waals surface area contributed by atoms with Crippen molar-refractivity contribution in [2.24, 2.45) is 0 Å². The second kappa shape index (κ2) is 31.3. The van der Waals surface area contributed by atoms with E-state index in [-0.39, 0.29) is 18.0 Å². The highest BCUT2D eigenvalue weighted by molar-refractivity contribution is 5.70. The van der Waals surface area contributed by atoms with Gasteiger partial charge >= 0.3 is 11.9 Å². The largest absolute Gasteiger partial charge is 0.462 e. The fraction of sp³-hybridized carbons (Fsp3) is 0.957. The summed E-state index contributed by atoms with van der Waals surface area (Å²) in [6.45, 7) is 13.0. The summed E-state index contributed by atoms with van der Waals surface area (Å²) in [6.07, 6.45) is 43.2. The van der Waals surface area contributed by atoms with Crippen LogP contribution in [0, 0.1) is 0 Å². The molecule has 0 radical (unpaired) electrons. The highest BCUT2D eigenvalue weighted by Gasteiger charge is 2.49. The van der Waals surface area contributed by atoms with Crippen molar-refractivity contribution in [3.05, 3.63) is 0 Å². The Morgan fingerprint density at radius 2 is 0.686 bits per heavy atom. The Morgan fingerprint density at radius 1 is 0.431 bits per heavy atom. The lowest BCUT2D eigenvalue weighted by molar-refractivity contribution is -0.277. The second-order valence-corrected chi connectivity index (χ2v) is 17.7. The molecule has 1 aliphatic rings. The van der Waals surface area contributed by atoms with Gasteiger partial charge in [-0.3, -0.25) is 9.59 Å². The molecule has 51 heavy (non-hydrogen) atoms. The van der Waals surface area contributed by atoms with Crippen LogP contribution in [0.2, 0.25) is 0 Å². The molecule has 0 aromatic heterocycles. The van der Waals surface area contributed by atoms with Gasteiger partial charge in [-0.25, -0.2) is 0 Å². The summed E-state index contributed by atoms with van der Waals surface area (Å²) in [5.74, 6) is -0.208. The Balaban J connectivity index is 2.09. The van der Waals surface area contributed by atoms with Crippen LogP contribution >= 0.6 is 0 Å². The smallest absolute Gasteiger partial charge is 0.325 e. The van der Waals surface area contributed by atoms with Gasteiger partial charge in [0, 0.05) is 25.7 Å². The molecule has 0 aromatic rings. The van der Waals surface area contributed by atoms with Crippen molar-refractivity contribution in [2.45, 2.75) is 283 Å². The van der Waals surface area contributed by atoms with Crippen LogP contribution in [0.4, 0.5) is 0 Å². The number of ether oxygens (including phenoxy) is 1. The number of unbranched alkanes of at least 4 members (excludes halogenated alkanes) is 29. The van der Waals surface area contributed by atoms with Crippen molar-refractivity contribution in [1.82, 2.24) is 5.06 Å². The van der Waals surface area contributed by atoms with E-state index in [4.69, 9.17) is 9.57 Å². The maximum absolute atomic E-state index is 12.9. The molecular formula is C46H89NO4. The Hall–Kier alpha value is -1.10. The molecule has 5 heteroatoms. The van der Waals surface area contributed by atoms with Crippen LogP contribution in [0.5, 0.6) is 0 Å². The van der Waals surface area contributed by atoms with Crippen molar-refractivity contribution in [3.63, 3.8) is 0 Å². The summed E-state index contributed by atoms with van der Waals surface area (Å²) in [4.78, 5) is 31.6. The van der Waals surface area contributed by atoms with E-state index in [1.165, 1.54) is 173 Å². The summed E-state index contributed by atoms with van der Waals surface area (Å²) in [7, 11) is 0. The van der Waals surface area contributed by atoms with Gasteiger partial charge in [0.05, 0.1) is 11.1 Å². The van der Waals surface area contributed by atoms with Crippen molar-refractivity contribution < 1.29 is 19.2 Å². The molecule has 1 fully saturated rings. The van der Waals surface area contributed by atoms with Gasteiger partial charge in [-0.05, 0) is 40.5 Å². The predicted molar refractivity (Wildman–Crippen MR) is 219 cm³/mol. The van der Waals surface area contributed by atoms with Crippen LogP contribution in [-0.2, 0) is 19.2 Å².